The van der Waals surface area contributed by atoms with E-state index in [1.54, 1.807) is 13.3 Å². The van der Waals surface area contributed by atoms with Gasteiger partial charge >= 0.3 is 0 Å². The maximum absolute atomic E-state index is 5.87. The van der Waals surface area contributed by atoms with E-state index in [-0.39, 0.29) is 6.04 Å². The second-order valence-corrected chi connectivity index (χ2v) is 4.44. The van der Waals surface area contributed by atoms with E-state index in [0.29, 0.717) is 5.88 Å². The molecule has 1 unspecified atom stereocenters. The molecule has 0 fully saturated rings. The molecular formula is C14H15ClN2O. The number of pyridine rings is 1. The Bertz CT molecular complexity index is 513. The summed E-state index contributed by atoms with van der Waals surface area (Å²) in [6.07, 6.45) is 1.72. The summed E-state index contributed by atoms with van der Waals surface area (Å²) in [5.74, 6) is 0.600. The molecule has 0 spiro atoms. The minimum Gasteiger partial charge on any atom is -0.481 e. The molecule has 1 aromatic heterocycles. The van der Waals surface area contributed by atoms with Crippen molar-refractivity contribution in [3.63, 3.8) is 0 Å². The van der Waals surface area contributed by atoms with E-state index >= 15 is 0 Å². The van der Waals surface area contributed by atoms with Crippen molar-refractivity contribution in [2.45, 2.75) is 13.0 Å². The number of ether oxygens (including phenoxy) is 1. The van der Waals surface area contributed by atoms with Crippen molar-refractivity contribution in [1.29, 1.82) is 0 Å². The molecule has 0 saturated carbocycles. The first kappa shape index (κ1) is 12.7. The van der Waals surface area contributed by atoms with Crippen molar-refractivity contribution in [1.82, 2.24) is 4.98 Å². The highest BCUT2D eigenvalue weighted by Gasteiger charge is 2.05. The van der Waals surface area contributed by atoms with Crippen LogP contribution in [0.2, 0.25) is 5.02 Å². The van der Waals surface area contributed by atoms with Crippen LogP contribution in [-0.2, 0) is 0 Å². The molecule has 0 amide bonds. The van der Waals surface area contributed by atoms with E-state index in [1.807, 2.05) is 36.4 Å². The van der Waals surface area contributed by atoms with E-state index in [0.717, 1.165) is 10.7 Å². The average Bonchev–Trinajstić information content (AvgIpc) is 2.39. The maximum atomic E-state index is 5.87. The van der Waals surface area contributed by atoms with Crippen LogP contribution in [0.4, 0.5) is 5.69 Å². The lowest BCUT2D eigenvalue weighted by Gasteiger charge is -2.16. The first-order valence-corrected chi connectivity index (χ1v) is 6.09. The van der Waals surface area contributed by atoms with E-state index in [9.17, 15) is 0 Å². The first-order valence-electron chi connectivity index (χ1n) is 5.71. The quantitative estimate of drug-likeness (QED) is 0.907. The monoisotopic (exact) mass is 262 g/mol. The van der Waals surface area contributed by atoms with Gasteiger partial charge in [0, 0.05) is 29.0 Å². The Morgan fingerprint density at radius 1 is 1.22 bits per heavy atom. The molecule has 0 bridgehead atoms. The Balaban J connectivity index is 2.10. The maximum Gasteiger partial charge on any atom is 0.214 e. The van der Waals surface area contributed by atoms with E-state index < -0.39 is 0 Å². The third-order valence-electron chi connectivity index (χ3n) is 2.70. The van der Waals surface area contributed by atoms with Crippen molar-refractivity contribution in [2.75, 3.05) is 12.4 Å². The summed E-state index contributed by atoms with van der Waals surface area (Å²) in [7, 11) is 1.61. The van der Waals surface area contributed by atoms with Crippen LogP contribution in [0.5, 0.6) is 5.88 Å². The number of hydrogen-bond donors (Lipinski definition) is 1. The topological polar surface area (TPSA) is 34.1 Å². The molecule has 18 heavy (non-hydrogen) atoms. The summed E-state index contributed by atoms with van der Waals surface area (Å²) < 4.78 is 5.09. The molecule has 2 rings (SSSR count). The molecule has 94 valence electrons. The molecule has 4 heteroatoms. The second kappa shape index (κ2) is 5.74. The Kier molecular flexibility index (Phi) is 4.05. The number of hydrogen-bond acceptors (Lipinski definition) is 3. The Labute approximate surface area is 112 Å². The van der Waals surface area contributed by atoms with Gasteiger partial charge in [-0.15, -0.1) is 0 Å². The van der Waals surface area contributed by atoms with E-state index in [1.165, 1.54) is 5.56 Å². The molecule has 3 nitrogen and oxygen atoms in total. The summed E-state index contributed by atoms with van der Waals surface area (Å²) in [5.41, 5.74) is 2.15. The van der Waals surface area contributed by atoms with Gasteiger partial charge in [-0.1, -0.05) is 23.7 Å². The van der Waals surface area contributed by atoms with Crippen LogP contribution >= 0.6 is 11.6 Å². The lowest BCUT2D eigenvalue weighted by atomic mass is 10.1. The molecule has 1 atom stereocenters. The fourth-order valence-electron chi connectivity index (χ4n) is 1.70. The fourth-order valence-corrected chi connectivity index (χ4v) is 1.82. The van der Waals surface area contributed by atoms with Gasteiger partial charge in [0.1, 0.15) is 0 Å². The van der Waals surface area contributed by atoms with Gasteiger partial charge in [0.05, 0.1) is 7.11 Å². The van der Waals surface area contributed by atoms with Crippen molar-refractivity contribution in [2.24, 2.45) is 0 Å². The van der Waals surface area contributed by atoms with E-state index in [2.05, 4.69) is 17.2 Å². The molecule has 2 aromatic rings. The van der Waals surface area contributed by atoms with Gasteiger partial charge in [-0.05, 0) is 30.7 Å². The normalized spacial score (nSPS) is 11.9. The minimum absolute atomic E-state index is 0.189. The van der Waals surface area contributed by atoms with E-state index in [4.69, 9.17) is 16.3 Å². The summed E-state index contributed by atoms with van der Waals surface area (Å²) in [5, 5.41) is 4.14. The number of nitrogens with zero attached hydrogens (tertiary/aromatic N) is 1. The largest absolute Gasteiger partial charge is 0.481 e. The molecule has 1 aromatic carbocycles. The van der Waals surface area contributed by atoms with Crippen molar-refractivity contribution in [3.8, 4) is 5.88 Å². The van der Waals surface area contributed by atoms with Gasteiger partial charge in [0.15, 0.2) is 0 Å². The van der Waals surface area contributed by atoms with Crippen LogP contribution in [0.15, 0.2) is 42.6 Å². The number of nitrogens with one attached hydrogen (secondary N) is 1. The first-order chi connectivity index (χ1) is 8.69. The molecule has 0 radical (unpaired) electrons. The molecule has 1 heterocycles. The molecule has 0 saturated heterocycles. The molecule has 0 aliphatic rings. The van der Waals surface area contributed by atoms with Crippen LogP contribution in [0.1, 0.15) is 18.5 Å². The van der Waals surface area contributed by atoms with Gasteiger partial charge < -0.3 is 10.1 Å². The van der Waals surface area contributed by atoms with Crippen LogP contribution in [0.25, 0.3) is 0 Å². The molecule has 0 aliphatic carbocycles. The number of rotatable bonds is 4. The Hall–Kier alpha value is -1.74. The molecular weight excluding hydrogens is 248 g/mol. The number of aromatic nitrogens is 1. The standard InChI is InChI=1S/C14H15ClN2O/c1-10(11-3-5-12(15)6-4-11)17-13-7-8-16-14(9-13)18-2/h3-10H,1-2H3,(H,16,17). The summed E-state index contributed by atoms with van der Waals surface area (Å²) in [6, 6.07) is 11.8. The average molecular weight is 263 g/mol. The second-order valence-electron chi connectivity index (χ2n) is 4.00. The van der Waals surface area contributed by atoms with Crippen molar-refractivity contribution < 1.29 is 4.74 Å². The number of halogens is 1. The number of anilines is 1. The van der Waals surface area contributed by atoms with Crippen LogP contribution in [0, 0.1) is 0 Å². The van der Waals surface area contributed by atoms with Gasteiger partial charge in [-0.25, -0.2) is 4.98 Å². The minimum atomic E-state index is 0.189. The number of benzene rings is 1. The lowest BCUT2D eigenvalue weighted by molar-refractivity contribution is 0.398. The number of methoxy groups -OCH3 is 1. The van der Waals surface area contributed by atoms with Crippen LogP contribution < -0.4 is 10.1 Å². The smallest absolute Gasteiger partial charge is 0.214 e. The van der Waals surface area contributed by atoms with Crippen LogP contribution in [0.3, 0.4) is 0 Å². The Morgan fingerprint density at radius 2 is 1.94 bits per heavy atom. The Morgan fingerprint density at radius 3 is 2.61 bits per heavy atom. The summed E-state index contributed by atoms with van der Waals surface area (Å²) in [4.78, 5) is 4.07. The zero-order valence-electron chi connectivity index (χ0n) is 10.4. The third kappa shape index (κ3) is 3.14. The third-order valence-corrected chi connectivity index (χ3v) is 2.95. The van der Waals surface area contributed by atoms with Gasteiger partial charge in [0.2, 0.25) is 5.88 Å². The predicted octanol–water partition coefficient (Wildman–Crippen LogP) is 3.92. The predicted molar refractivity (Wildman–Crippen MR) is 74.3 cm³/mol. The van der Waals surface area contributed by atoms with Gasteiger partial charge in [-0.3, -0.25) is 0 Å². The summed E-state index contributed by atoms with van der Waals surface area (Å²) in [6.45, 7) is 2.09. The van der Waals surface area contributed by atoms with Crippen LogP contribution in [-0.4, -0.2) is 12.1 Å². The molecule has 1 N–H and O–H groups in total. The van der Waals surface area contributed by atoms with Crippen molar-refractivity contribution in [3.05, 3.63) is 53.2 Å². The fraction of sp³-hybridized carbons (Fsp3) is 0.214. The zero-order chi connectivity index (χ0) is 13.0. The SMILES string of the molecule is COc1cc(NC(C)c2ccc(Cl)cc2)ccn1. The van der Waals surface area contributed by atoms with Gasteiger partial charge in [0.25, 0.3) is 0 Å². The molecule has 0 aliphatic heterocycles. The highest BCUT2D eigenvalue weighted by Crippen LogP contribution is 2.22. The lowest BCUT2D eigenvalue weighted by Crippen LogP contribution is -2.06. The van der Waals surface area contributed by atoms with Gasteiger partial charge in [-0.2, -0.15) is 0 Å². The highest BCUT2D eigenvalue weighted by atomic mass is 35.5. The summed E-state index contributed by atoms with van der Waals surface area (Å²) >= 11 is 5.87. The van der Waals surface area contributed by atoms with Crippen molar-refractivity contribution >= 4 is 17.3 Å². The highest BCUT2D eigenvalue weighted by molar-refractivity contribution is 6.30. The zero-order valence-corrected chi connectivity index (χ0v) is 11.1.